The van der Waals surface area contributed by atoms with Crippen LogP contribution in [0.5, 0.6) is 0 Å². The van der Waals surface area contributed by atoms with Crippen LogP contribution in [0.3, 0.4) is 0 Å². The van der Waals surface area contributed by atoms with Crippen molar-refractivity contribution in [2.24, 2.45) is 5.73 Å². The molecule has 1 atom stereocenters. The number of ether oxygens (including phenoxy) is 1. The first-order chi connectivity index (χ1) is 8.51. The van der Waals surface area contributed by atoms with E-state index >= 15 is 0 Å². The maximum Gasteiger partial charge on any atom is 0.329 e. The highest BCUT2D eigenvalue weighted by Gasteiger charge is 2.23. The molecule has 0 unspecified atom stereocenters. The Hall–Kier alpha value is -1.66. The molecule has 3 N–H and O–H groups in total. The summed E-state index contributed by atoms with van der Waals surface area (Å²) >= 11 is 5.72. The van der Waals surface area contributed by atoms with Gasteiger partial charge in [-0.05, 0) is 12.1 Å². The van der Waals surface area contributed by atoms with Crippen molar-refractivity contribution >= 4 is 23.5 Å². The Balaban J connectivity index is 2.91. The third kappa shape index (κ3) is 3.18. The minimum atomic E-state index is -1.04. The molecule has 0 heterocycles. The van der Waals surface area contributed by atoms with Gasteiger partial charge < -0.3 is 15.8 Å². The van der Waals surface area contributed by atoms with Gasteiger partial charge in [-0.3, -0.25) is 4.79 Å². The number of nitrogens with one attached hydrogen (secondary N) is 1. The van der Waals surface area contributed by atoms with Crippen LogP contribution in [0.4, 0.5) is 4.39 Å². The van der Waals surface area contributed by atoms with Crippen LogP contribution in [-0.2, 0) is 9.53 Å². The van der Waals surface area contributed by atoms with Crippen molar-refractivity contribution in [3.8, 4) is 0 Å². The van der Waals surface area contributed by atoms with Gasteiger partial charge in [-0.1, -0.05) is 17.7 Å². The lowest BCUT2D eigenvalue weighted by Crippen LogP contribution is -2.46. The van der Waals surface area contributed by atoms with E-state index in [0.717, 1.165) is 13.2 Å². The standard InChI is InChI=1S/C11H12ClFN2O3/c1-18-11(17)8(5-14)15-10(16)9-6(12)3-2-4-7(9)13/h2-4,8H,5,14H2,1H3,(H,15,16)/t8-/m0/s1. The van der Waals surface area contributed by atoms with Gasteiger partial charge in [0.05, 0.1) is 17.7 Å². The summed E-state index contributed by atoms with van der Waals surface area (Å²) in [5.41, 5.74) is 4.98. The fourth-order valence-corrected chi connectivity index (χ4v) is 1.55. The average molecular weight is 275 g/mol. The molecule has 0 bridgehead atoms. The van der Waals surface area contributed by atoms with Crippen molar-refractivity contribution in [1.29, 1.82) is 0 Å². The first kappa shape index (κ1) is 14.4. The second kappa shape index (κ2) is 6.32. The van der Waals surface area contributed by atoms with Gasteiger partial charge >= 0.3 is 5.97 Å². The van der Waals surface area contributed by atoms with Crippen molar-refractivity contribution in [2.75, 3.05) is 13.7 Å². The van der Waals surface area contributed by atoms with Crippen molar-refractivity contribution in [1.82, 2.24) is 5.32 Å². The second-order valence-corrected chi connectivity index (χ2v) is 3.79. The molecule has 0 aromatic heterocycles. The molecule has 1 amide bonds. The molecule has 0 radical (unpaired) electrons. The van der Waals surface area contributed by atoms with E-state index in [-0.39, 0.29) is 17.1 Å². The van der Waals surface area contributed by atoms with Crippen molar-refractivity contribution in [2.45, 2.75) is 6.04 Å². The zero-order valence-corrected chi connectivity index (χ0v) is 10.3. The predicted octanol–water partition coefficient (Wildman–Crippen LogP) is 0.709. The smallest absolute Gasteiger partial charge is 0.329 e. The third-order valence-electron chi connectivity index (χ3n) is 2.22. The summed E-state index contributed by atoms with van der Waals surface area (Å²) in [5.74, 6) is -2.31. The highest BCUT2D eigenvalue weighted by atomic mass is 35.5. The van der Waals surface area contributed by atoms with Crippen LogP contribution in [-0.4, -0.2) is 31.6 Å². The topological polar surface area (TPSA) is 81.4 Å². The molecule has 1 aromatic carbocycles. The zero-order chi connectivity index (χ0) is 13.7. The van der Waals surface area contributed by atoms with Gasteiger partial charge in [-0.2, -0.15) is 0 Å². The summed E-state index contributed by atoms with van der Waals surface area (Å²) in [6.07, 6.45) is 0. The lowest BCUT2D eigenvalue weighted by atomic mass is 10.1. The van der Waals surface area contributed by atoms with Crippen molar-refractivity contribution in [3.05, 3.63) is 34.6 Å². The molecule has 5 nitrogen and oxygen atoms in total. The van der Waals surface area contributed by atoms with Crippen LogP contribution in [0.2, 0.25) is 5.02 Å². The summed E-state index contributed by atoms with van der Waals surface area (Å²) < 4.78 is 17.9. The molecule has 0 saturated carbocycles. The lowest BCUT2D eigenvalue weighted by Gasteiger charge is -2.15. The maximum atomic E-state index is 13.4. The van der Waals surface area contributed by atoms with E-state index in [1.54, 1.807) is 0 Å². The van der Waals surface area contributed by atoms with Crippen LogP contribution in [0, 0.1) is 5.82 Å². The number of rotatable bonds is 4. The summed E-state index contributed by atoms with van der Waals surface area (Å²) in [6, 6.07) is 2.79. The Labute approximate surface area is 108 Å². The quantitative estimate of drug-likeness (QED) is 0.792. The van der Waals surface area contributed by atoms with Gasteiger partial charge in [0, 0.05) is 6.54 Å². The van der Waals surface area contributed by atoms with Gasteiger partial charge in [0.2, 0.25) is 0 Å². The van der Waals surface area contributed by atoms with Gasteiger partial charge in [0.1, 0.15) is 11.9 Å². The van der Waals surface area contributed by atoms with Crippen LogP contribution in [0.1, 0.15) is 10.4 Å². The number of hydrogen-bond donors (Lipinski definition) is 2. The van der Waals surface area contributed by atoms with Crippen molar-refractivity contribution < 1.29 is 18.7 Å². The molecule has 7 heteroatoms. The summed E-state index contributed by atoms with van der Waals surface area (Å²) in [7, 11) is 1.16. The molecule has 1 aromatic rings. The number of amides is 1. The van der Waals surface area contributed by atoms with Gasteiger partial charge in [0.25, 0.3) is 5.91 Å². The van der Waals surface area contributed by atoms with E-state index in [1.807, 2.05) is 0 Å². The molecule has 0 aliphatic heterocycles. The highest BCUT2D eigenvalue weighted by molar-refractivity contribution is 6.33. The van der Waals surface area contributed by atoms with Crippen molar-refractivity contribution in [3.63, 3.8) is 0 Å². The molecular weight excluding hydrogens is 263 g/mol. The summed E-state index contributed by atoms with van der Waals surface area (Å²) in [5, 5.41) is 2.20. The fourth-order valence-electron chi connectivity index (χ4n) is 1.30. The van der Waals surface area contributed by atoms with E-state index in [9.17, 15) is 14.0 Å². The molecule has 0 saturated heterocycles. The minimum absolute atomic E-state index is 0.0480. The monoisotopic (exact) mass is 274 g/mol. The third-order valence-corrected chi connectivity index (χ3v) is 2.53. The average Bonchev–Trinajstić information content (AvgIpc) is 2.34. The van der Waals surface area contributed by atoms with E-state index in [2.05, 4.69) is 10.1 Å². The number of carbonyl (C=O) groups is 2. The zero-order valence-electron chi connectivity index (χ0n) is 9.57. The molecule has 0 aliphatic rings. The van der Waals surface area contributed by atoms with Crippen LogP contribution >= 0.6 is 11.6 Å². The van der Waals surface area contributed by atoms with E-state index in [0.29, 0.717) is 0 Å². The number of halogens is 2. The van der Waals surface area contributed by atoms with E-state index in [1.165, 1.54) is 12.1 Å². The minimum Gasteiger partial charge on any atom is -0.467 e. The van der Waals surface area contributed by atoms with E-state index < -0.39 is 23.7 Å². The number of hydrogen-bond acceptors (Lipinski definition) is 4. The highest BCUT2D eigenvalue weighted by Crippen LogP contribution is 2.18. The Morgan fingerprint density at radius 2 is 2.22 bits per heavy atom. The van der Waals surface area contributed by atoms with Gasteiger partial charge in [0.15, 0.2) is 0 Å². The van der Waals surface area contributed by atoms with Gasteiger partial charge in [-0.15, -0.1) is 0 Å². The molecule has 98 valence electrons. The summed E-state index contributed by atoms with van der Waals surface area (Å²) in [4.78, 5) is 23.0. The number of methoxy groups -OCH3 is 1. The number of benzene rings is 1. The molecule has 18 heavy (non-hydrogen) atoms. The Bertz CT molecular complexity index is 447. The summed E-state index contributed by atoms with van der Waals surface area (Å²) in [6.45, 7) is -0.162. The molecular formula is C11H12ClFN2O3. The molecule has 0 aliphatic carbocycles. The van der Waals surface area contributed by atoms with Gasteiger partial charge in [-0.25, -0.2) is 9.18 Å². The first-order valence-corrected chi connectivity index (χ1v) is 5.41. The molecule has 0 spiro atoms. The number of nitrogens with two attached hydrogens (primary N) is 1. The number of carbonyl (C=O) groups excluding carboxylic acids is 2. The molecule has 0 fully saturated rings. The number of esters is 1. The Morgan fingerprint density at radius 1 is 1.56 bits per heavy atom. The Kier molecular flexibility index (Phi) is 5.06. The normalized spacial score (nSPS) is 11.8. The largest absolute Gasteiger partial charge is 0.467 e. The SMILES string of the molecule is COC(=O)[C@H](CN)NC(=O)c1c(F)cccc1Cl. The van der Waals surface area contributed by atoms with Crippen LogP contribution < -0.4 is 11.1 Å². The predicted molar refractivity (Wildman–Crippen MR) is 63.7 cm³/mol. The fraction of sp³-hybridized carbons (Fsp3) is 0.273. The lowest BCUT2D eigenvalue weighted by molar-refractivity contribution is -0.142. The molecule has 1 rings (SSSR count). The van der Waals surface area contributed by atoms with Crippen LogP contribution in [0.15, 0.2) is 18.2 Å². The Morgan fingerprint density at radius 3 is 2.72 bits per heavy atom. The van der Waals surface area contributed by atoms with Crippen LogP contribution in [0.25, 0.3) is 0 Å². The maximum absolute atomic E-state index is 13.4. The second-order valence-electron chi connectivity index (χ2n) is 3.38. The first-order valence-electron chi connectivity index (χ1n) is 5.04. The van der Waals surface area contributed by atoms with E-state index in [4.69, 9.17) is 17.3 Å².